The van der Waals surface area contributed by atoms with Crippen molar-refractivity contribution in [3.05, 3.63) is 28.2 Å². The molecule has 1 nitrogen and oxygen atoms in total. The van der Waals surface area contributed by atoms with Gasteiger partial charge in [0.2, 0.25) is 0 Å². The predicted octanol–water partition coefficient (Wildman–Crippen LogP) is 3.99. The van der Waals surface area contributed by atoms with Gasteiger partial charge in [0.15, 0.2) is 0 Å². The van der Waals surface area contributed by atoms with Crippen LogP contribution in [0.5, 0.6) is 0 Å². The molecule has 82 valence electrons. The van der Waals surface area contributed by atoms with Crippen molar-refractivity contribution in [1.29, 1.82) is 0 Å². The summed E-state index contributed by atoms with van der Waals surface area (Å²) in [4.78, 5) is 2.47. The molecule has 2 heteroatoms. The first kappa shape index (κ1) is 11.0. The molecule has 1 saturated heterocycles. The largest absolute Gasteiger partial charge is 0.371 e. The Morgan fingerprint density at radius 3 is 2.73 bits per heavy atom. The standard InChI is InChI=1S/C13H18BrN/c1-3-4-11-8-15(9-11)12-5-6-13(14)10(2)7-12/h5-7,11H,3-4,8-9H2,1-2H3. The maximum Gasteiger partial charge on any atom is 0.0369 e. The maximum atomic E-state index is 3.54. The number of hydrogen-bond donors (Lipinski definition) is 0. The average Bonchev–Trinajstić information content (AvgIpc) is 2.16. The van der Waals surface area contributed by atoms with Crippen molar-refractivity contribution in [2.45, 2.75) is 26.7 Å². The van der Waals surface area contributed by atoms with Crippen LogP contribution < -0.4 is 4.90 Å². The average molecular weight is 268 g/mol. The third kappa shape index (κ3) is 2.36. The van der Waals surface area contributed by atoms with Gasteiger partial charge in [0, 0.05) is 23.2 Å². The summed E-state index contributed by atoms with van der Waals surface area (Å²) in [6.45, 7) is 6.91. The molecule has 0 bridgehead atoms. The number of nitrogens with zero attached hydrogens (tertiary/aromatic N) is 1. The summed E-state index contributed by atoms with van der Waals surface area (Å²) in [5.41, 5.74) is 2.70. The highest BCUT2D eigenvalue weighted by atomic mass is 79.9. The SMILES string of the molecule is CCCC1CN(c2ccc(Br)c(C)c2)C1. The molecule has 1 aromatic carbocycles. The Labute approximate surface area is 101 Å². The molecule has 1 aliphatic rings. The second-order valence-electron chi connectivity index (χ2n) is 4.49. The molecule has 0 radical (unpaired) electrons. The number of halogens is 1. The monoisotopic (exact) mass is 267 g/mol. The zero-order valence-corrected chi connectivity index (χ0v) is 11.0. The van der Waals surface area contributed by atoms with E-state index < -0.39 is 0 Å². The van der Waals surface area contributed by atoms with Crippen molar-refractivity contribution >= 4 is 21.6 Å². The Kier molecular flexibility index (Phi) is 3.35. The molecule has 1 heterocycles. The molecule has 0 amide bonds. The van der Waals surface area contributed by atoms with E-state index in [1.807, 2.05) is 0 Å². The highest BCUT2D eigenvalue weighted by Crippen LogP contribution is 2.29. The Balaban J connectivity index is 1.98. The van der Waals surface area contributed by atoms with Gasteiger partial charge < -0.3 is 4.90 Å². The Morgan fingerprint density at radius 2 is 2.13 bits per heavy atom. The van der Waals surface area contributed by atoms with Crippen molar-refractivity contribution < 1.29 is 0 Å². The van der Waals surface area contributed by atoms with Gasteiger partial charge in [-0.3, -0.25) is 0 Å². The van der Waals surface area contributed by atoms with Gasteiger partial charge in [-0.25, -0.2) is 0 Å². The molecule has 0 atom stereocenters. The highest BCUT2D eigenvalue weighted by molar-refractivity contribution is 9.10. The molecule has 1 fully saturated rings. The minimum Gasteiger partial charge on any atom is -0.371 e. The van der Waals surface area contributed by atoms with Crippen LogP contribution in [-0.2, 0) is 0 Å². The lowest BCUT2D eigenvalue weighted by atomic mass is 9.94. The first-order valence-corrected chi connectivity index (χ1v) is 6.51. The zero-order chi connectivity index (χ0) is 10.8. The molecule has 0 unspecified atom stereocenters. The van der Waals surface area contributed by atoms with Crippen molar-refractivity contribution in [3.63, 3.8) is 0 Å². The van der Waals surface area contributed by atoms with E-state index in [2.05, 4.69) is 52.9 Å². The van der Waals surface area contributed by atoms with Gasteiger partial charge in [-0.15, -0.1) is 0 Å². The fourth-order valence-electron chi connectivity index (χ4n) is 2.20. The van der Waals surface area contributed by atoms with E-state index in [-0.39, 0.29) is 0 Å². The Hall–Kier alpha value is -0.500. The number of rotatable bonds is 3. The first-order valence-electron chi connectivity index (χ1n) is 5.71. The Bertz CT molecular complexity index is 342. The molecule has 0 N–H and O–H groups in total. The predicted molar refractivity (Wildman–Crippen MR) is 69.5 cm³/mol. The summed E-state index contributed by atoms with van der Waals surface area (Å²) in [7, 11) is 0. The van der Waals surface area contributed by atoms with Crippen LogP contribution in [-0.4, -0.2) is 13.1 Å². The summed E-state index contributed by atoms with van der Waals surface area (Å²) < 4.78 is 1.21. The highest BCUT2D eigenvalue weighted by Gasteiger charge is 2.25. The number of hydrogen-bond acceptors (Lipinski definition) is 1. The van der Waals surface area contributed by atoms with Gasteiger partial charge in [-0.05, 0) is 43.0 Å². The molecule has 0 aromatic heterocycles. The maximum absolute atomic E-state index is 3.54. The summed E-state index contributed by atoms with van der Waals surface area (Å²) >= 11 is 3.54. The second-order valence-corrected chi connectivity index (χ2v) is 5.35. The molecular formula is C13H18BrN. The van der Waals surface area contributed by atoms with Crippen LogP contribution in [0.3, 0.4) is 0 Å². The molecule has 0 spiro atoms. The number of anilines is 1. The van der Waals surface area contributed by atoms with E-state index in [0.29, 0.717) is 0 Å². The van der Waals surface area contributed by atoms with Gasteiger partial charge >= 0.3 is 0 Å². The van der Waals surface area contributed by atoms with E-state index in [1.54, 1.807) is 0 Å². The first-order chi connectivity index (χ1) is 7.20. The Morgan fingerprint density at radius 1 is 1.40 bits per heavy atom. The smallest absolute Gasteiger partial charge is 0.0369 e. The fraction of sp³-hybridized carbons (Fsp3) is 0.538. The summed E-state index contributed by atoms with van der Waals surface area (Å²) in [5.74, 6) is 0.930. The van der Waals surface area contributed by atoms with Crippen LogP contribution in [0.25, 0.3) is 0 Å². The van der Waals surface area contributed by atoms with Gasteiger partial charge in [-0.2, -0.15) is 0 Å². The van der Waals surface area contributed by atoms with E-state index >= 15 is 0 Å². The lowest BCUT2D eigenvalue weighted by molar-refractivity contribution is 0.380. The van der Waals surface area contributed by atoms with Crippen molar-refractivity contribution in [1.82, 2.24) is 0 Å². The molecule has 0 saturated carbocycles. The van der Waals surface area contributed by atoms with E-state index in [4.69, 9.17) is 0 Å². The van der Waals surface area contributed by atoms with Gasteiger partial charge in [0.25, 0.3) is 0 Å². The summed E-state index contributed by atoms with van der Waals surface area (Å²) in [6.07, 6.45) is 2.70. The van der Waals surface area contributed by atoms with Crippen LogP contribution in [0.4, 0.5) is 5.69 Å². The van der Waals surface area contributed by atoms with Crippen molar-refractivity contribution in [2.24, 2.45) is 5.92 Å². The normalized spacial score (nSPS) is 16.6. The van der Waals surface area contributed by atoms with Crippen LogP contribution in [0.15, 0.2) is 22.7 Å². The number of aryl methyl sites for hydroxylation is 1. The molecule has 1 aliphatic heterocycles. The molecule has 1 aromatic rings. The fourth-order valence-corrected chi connectivity index (χ4v) is 2.44. The second kappa shape index (κ2) is 4.56. The quantitative estimate of drug-likeness (QED) is 0.801. The van der Waals surface area contributed by atoms with Gasteiger partial charge in [0.05, 0.1) is 0 Å². The van der Waals surface area contributed by atoms with Crippen LogP contribution in [0, 0.1) is 12.8 Å². The van der Waals surface area contributed by atoms with E-state index in [0.717, 1.165) is 5.92 Å². The third-order valence-electron chi connectivity index (χ3n) is 3.16. The zero-order valence-electron chi connectivity index (χ0n) is 9.46. The van der Waals surface area contributed by atoms with E-state index in [1.165, 1.54) is 41.7 Å². The van der Waals surface area contributed by atoms with Crippen LogP contribution >= 0.6 is 15.9 Å². The van der Waals surface area contributed by atoms with Gasteiger partial charge in [0.1, 0.15) is 0 Å². The summed E-state index contributed by atoms with van der Waals surface area (Å²) in [6, 6.07) is 6.63. The molecule has 0 aliphatic carbocycles. The third-order valence-corrected chi connectivity index (χ3v) is 4.05. The lowest BCUT2D eigenvalue weighted by Crippen LogP contribution is -2.46. The van der Waals surface area contributed by atoms with Crippen molar-refractivity contribution in [3.8, 4) is 0 Å². The molecule has 15 heavy (non-hydrogen) atoms. The molecular weight excluding hydrogens is 250 g/mol. The van der Waals surface area contributed by atoms with Gasteiger partial charge in [-0.1, -0.05) is 29.3 Å². The minimum atomic E-state index is 0.930. The minimum absolute atomic E-state index is 0.930. The number of benzene rings is 1. The van der Waals surface area contributed by atoms with Crippen LogP contribution in [0.1, 0.15) is 25.3 Å². The van der Waals surface area contributed by atoms with Crippen molar-refractivity contribution in [2.75, 3.05) is 18.0 Å². The topological polar surface area (TPSA) is 3.24 Å². The van der Waals surface area contributed by atoms with E-state index in [9.17, 15) is 0 Å². The molecule has 2 rings (SSSR count). The summed E-state index contributed by atoms with van der Waals surface area (Å²) in [5, 5.41) is 0. The van der Waals surface area contributed by atoms with Crippen LogP contribution in [0.2, 0.25) is 0 Å². The lowest BCUT2D eigenvalue weighted by Gasteiger charge is -2.41.